The van der Waals surface area contributed by atoms with Crippen LogP contribution in [0, 0.1) is 0 Å². The van der Waals surface area contributed by atoms with E-state index in [0.717, 1.165) is 28.6 Å². The van der Waals surface area contributed by atoms with E-state index in [1.165, 1.54) is 0 Å². The lowest BCUT2D eigenvalue weighted by Crippen LogP contribution is -2.30. The van der Waals surface area contributed by atoms with E-state index in [1.54, 1.807) is 35.7 Å². The van der Waals surface area contributed by atoms with Gasteiger partial charge in [-0.2, -0.15) is 4.31 Å². The van der Waals surface area contributed by atoms with Crippen molar-refractivity contribution in [2.24, 2.45) is 0 Å². The van der Waals surface area contributed by atoms with Crippen LogP contribution < -0.4 is 4.74 Å². The fourth-order valence-corrected chi connectivity index (χ4v) is 4.90. The van der Waals surface area contributed by atoms with Gasteiger partial charge in [0.1, 0.15) is 5.75 Å². The van der Waals surface area contributed by atoms with E-state index < -0.39 is 10.0 Å². The summed E-state index contributed by atoms with van der Waals surface area (Å²) in [7, 11) is -1.89. The molecule has 1 fully saturated rings. The van der Waals surface area contributed by atoms with Gasteiger partial charge in [0.2, 0.25) is 10.0 Å². The summed E-state index contributed by atoms with van der Waals surface area (Å²) in [5.74, 6) is 0.746. The van der Waals surface area contributed by atoms with Crippen molar-refractivity contribution in [3.63, 3.8) is 0 Å². The van der Waals surface area contributed by atoms with Crippen molar-refractivity contribution in [2.45, 2.75) is 23.8 Å². The molecule has 1 atom stereocenters. The van der Waals surface area contributed by atoms with Crippen LogP contribution in [0.5, 0.6) is 5.75 Å². The van der Waals surface area contributed by atoms with Gasteiger partial charge in [-0.3, -0.25) is 0 Å². The molecule has 0 aromatic heterocycles. The highest BCUT2D eigenvalue weighted by molar-refractivity contribution is 9.10. The summed E-state index contributed by atoms with van der Waals surface area (Å²) in [6, 6.07) is 14.3. The van der Waals surface area contributed by atoms with Crippen LogP contribution >= 0.6 is 15.9 Å². The predicted octanol–water partition coefficient (Wildman–Crippen LogP) is 3.98. The Hall–Kier alpha value is -1.37. The molecular weight excluding hydrogens is 378 g/mol. The van der Waals surface area contributed by atoms with E-state index in [4.69, 9.17) is 4.74 Å². The van der Waals surface area contributed by atoms with E-state index in [2.05, 4.69) is 15.9 Å². The summed E-state index contributed by atoms with van der Waals surface area (Å²) >= 11 is 3.34. The third kappa shape index (κ3) is 3.29. The highest BCUT2D eigenvalue weighted by Gasteiger charge is 2.36. The smallest absolute Gasteiger partial charge is 0.243 e. The van der Waals surface area contributed by atoms with E-state index in [0.29, 0.717) is 11.4 Å². The maximum absolute atomic E-state index is 13.0. The van der Waals surface area contributed by atoms with Gasteiger partial charge in [0.15, 0.2) is 0 Å². The van der Waals surface area contributed by atoms with Gasteiger partial charge in [0.25, 0.3) is 0 Å². The van der Waals surface area contributed by atoms with Gasteiger partial charge in [0, 0.05) is 11.0 Å². The maximum atomic E-state index is 13.0. The Bertz CT molecular complexity index is 790. The van der Waals surface area contributed by atoms with Crippen LogP contribution in [0.15, 0.2) is 57.9 Å². The quantitative estimate of drug-likeness (QED) is 0.786. The van der Waals surface area contributed by atoms with Gasteiger partial charge in [-0.1, -0.05) is 28.1 Å². The van der Waals surface area contributed by atoms with Crippen molar-refractivity contribution in [3.8, 4) is 5.75 Å². The van der Waals surface area contributed by atoms with Crippen LogP contribution in [0.1, 0.15) is 24.4 Å². The van der Waals surface area contributed by atoms with Crippen LogP contribution in [0.4, 0.5) is 0 Å². The SMILES string of the molecule is COc1cccc(C2CCCN2S(=O)(=O)c2ccc(Br)cc2)c1. The number of ether oxygens (including phenoxy) is 1. The molecule has 4 nitrogen and oxygen atoms in total. The zero-order valence-corrected chi connectivity index (χ0v) is 15.2. The lowest BCUT2D eigenvalue weighted by molar-refractivity contribution is 0.390. The first-order chi connectivity index (χ1) is 11.0. The van der Waals surface area contributed by atoms with Gasteiger partial charge < -0.3 is 4.74 Å². The molecule has 0 amide bonds. The zero-order valence-electron chi connectivity index (χ0n) is 12.8. The van der Waals surface area contributed by atoms with Crippen molar-refractivity contribution in [1.29, 1.82) is 0 Å². The molecule has 0 spiro atoms. The van der Waals surface area contributed by atoms with Gasteiger partial charge in [0.05, 0.1) is 18.0 Å². The molecule has 0 N–H and O–H groups in total. The summed E-state index contributed by atoms with van der Waals surface area (Å²) in [5, 5.41) is 0. The molecular formula is C17H18BrNO3S. The fraction of sp³-hybridized carbons (Fsp3) is 0.294. The number of methoxy groups -OCH3 is 1. The molecule has 1 unspecified atom stereocenters. The number of benzene rings is 2. The number of hydrogen-bond donors (Lipinski definition) is 0. The summed E-state index contributed by atoms with van der Waals surface area (Å²) in [6.45, 7) is 0.542. The minimum atomic E-state index is -3.50. The van der Waals surface area contributed by atoms with Crippen molar-refractivity contribution >= 4 is 26.0 Å². The van der Waals surface area contributed by atoms with Gasteiger partial charge in [-0.05, 0) is 54.8 Å². The average Bonchev–Trinajstić information content (AvgIpc) is 3.06. The Balaban J connectivity index is 1.96. The highest BCUT2D eigenvalue weighted by Crippen LogP contribution is 2.37. The number of halogens is 1. The van der Waals surface area contributed by atoms with Crippen LogP contribution in [0.3, 0.4) is 0 Å². The fourth-order valence-electron chi connectivity index (χ4n) is 2.95. The Morgan fingerprint density at radius 3 is 2.61 bits per heavy atom. The number of sulfonamides is 1. The molecule has 6 heteroatoms. The molecule has 1 aliphatic rings. The first kappa shape index (κ1) is 16.5. The molecule has 0 aliphatic carbocycles. The molecule has 2 aromatic carbocycles. The van der Waals surface area contributed by atoms with Crippen molar-refractivity contribution < 1.29 is 13.2 Å². The first-order valence-electron chi connectivity index (χ1n) is 7.44. The highest BCUT2D eigenvalue weighted by atomic mass is 79.9. The maximum Gasteiger partial charge on any atom is 0.243 e. The number of rotatable bonds is 4. The van der Waals surface area contributed by atoms with Crippen molar-refractivity contribution in [2.75, 3.05) is 13.7 Å². The molecule has 3 rings (SSSR count). The second-order valence-corrected chi connectivity index (χ2v) is 8.31. The molecule has 0 saturated carbocycles. The second kappa shape index (κ2) is 6.63. The Kier molecular flexibility index (Phi) is 4.75. The number of nitrogens with zero attached hydrogens (tertiary/aromatic N) is 1. The largest absolute Gasteiger partial charge is 0.497 e. The third-order valence-corrected chi connectivity index (χ3v) is 6.55. The summed E-state index contributed by atoms with van der Waals surface area (Å²) in [6.07, 6.45) is 1.68. The van der Waals surface area contributed by atoms with Gasteiger partial charge in [-0.15, -0.1) is 0 Å². The van der Waals surface area contributed by atoms with Crippen LogP contribution in [0.2, 0.25) is 0 Å². The molecule has 1 heterocycles. The Labute approximate surface area is 145 Å². The monoisotopic (exact) mass is 395 g/mol. The molecule has 122 valence electrons. The lowest BCUT2D eigenvalue weighted by atomic mass is 10.1. The van der Waals surface area contributed by atoms with Crippen molar-refractivity contribution in [3.05, 3.63) is 58.6 Å². The van der Waals surface area contributed by atoms with Gasteiger partial charge in [-0.25, -0.2) is 8.42 Å². The molecule has 1 saturated heterocycles. The van der Waals surface area contributed by atoms with Crippen LogP contribution in [-0.2, 0) is 10.0 Å². The van der Waals surface area contributed by atoms with Crippen LogP contribution in [0.25, 0.3) is 0 Å². The van der Waals surface area contributed by atoms with E-state index in [-0.39, 0.29) is 6.04 Å². The first-order valence-corrected chi connectivity index (χ1v) is 9.67. The van der Waals surface area contributed by atoms with E-state index in [9.17, 15) is 8.42 Å². The topological polar surface area (TPSA) is 46.6 Å². The summed E-state index contributed by atoms with van der Waals surface area (Å²) in [5.41, 5.74) is 0.975. The normalized spacial score (nSPS) is 19.0. The summed E-state index contributed by atoms with van der Waals surface area (Å²) in [4.78, 5) is 0.329. The number of hydrogen-bond acceptors (Lipinski definition) is 3. The minimum absolute atomic E-state index is 0.140. The standard InChI is InChI=1S/C17H18BrNO3S/c1-22-15-5-2-4-13(12-15)17-6-3-11-19(17)23(20,21)16-9-7-14(18)8-10-16/h2,4-5,7-10,12,17H,3,6,11H2,1H3. The molecule has 23 heavy (non-hydrogen) atoms. The molecule has 2 aromatic rings. The average molecular weight is 396 g/mol. The van der Waals surface area contributed by atoms with E-state index in [1.807, 2.05) is 24.3 Å². The Morgan fingerprint density at radius 1 is 1.17 bits per heavy atom. The third-order valence-electron chi connectivity index (χ3n) is 4.10. The molecule has 1 aliphatic heterocycles. The molecule has 0 radical (unpaired) electrons. The Morgan fingerprint density at radius 2 is 1.91 bits per heavy atom. The summed E-state index contributed by atoms with van der Waals surface area (Å²) < 4.78 is 33.7. The van der Waals surface area contributed by atoms with Crippen molar-refractivity contribution in [1.82, 2.24) is 4.31 Å². The second-order valence-electron chi connectivity index (χ2n) is 5.50. The van der Waals surface area contributed by atoms with Crippen LogP contribution in [-0.4, -0.2) is 26.4 Å². The zero-order chi connectivity index (χ0) is 16.4. The molecule has 0 bridgehead atoms. The predicted molar refractivity (Wildman–Crippen MR) is 93.0 cm³/mol. The van der Waals surface area contributed by atoms with E-state index >= 15 is 0 Å². The lowest BCUT2D eigenvalue weighted by Gasteiger charge is -2.24. The van der Waals surface area contributed by atoms with Gasteiger partial charge >= 0.3 is 0 Å². The minimum Gasteiger partial charge on any atom is -0.497 e.